The van der Waals surface area contributed by atoms with Crippen molar-refractivity contribution in [1.29, 1.82) is 0 Å². The summed E-state index contributed by atoms with van der Waals surface area (Å²) in [7, 11) is 0. The number of rotatable bonds is 12. The topological polar surface area (TPSA) is 235 Å². The molecule has 18 heteroatoms. The third-order valence-corrected chi connectivity index (χ3v) is 8.76. The van der Waals surface area contributed by atoms with Gasteiger partial charge >= 0.3 is 35.8 Å². The van der Waals surface area contributed by atoms with Gasteiger partial charge in [-0.1, -0.05) is 6.07 Å². The molecule has 0 bridgehead atoms. The Hall–Kier alpha value is -8.28. The fourth-order valence-corrected chi connectivity index (χ4v) is 5.97. The second kappa shape index (κ2) is 18.8. The zero-order valence-electron chi connectivity index (χ0n) is 30.9. The van der Waals surface area contributed by atoms with Crippen LogP contribution in [0.1, 0.15) is 62.3 Å². The minimum atomic E-state index is -2.01. The Bertz CT molecular complexity index is 1980. The van der Waals surface area contributed by atoms with Crippen LogP contribution in [0.5, 0.6) is 0 Å². The predicted octanol–water partition coefficient (Wildman–Crippen LogP) is 3.72. The van der Waals surface area contributed by atoms with Gasteiger partial charge in [0.1, 0.15) is 5.69 Å². The molecule has 0 amide bonds. The van der Waals surface area contributed by atoms with E-state index < -0.39 is 72.4 Å². The molecular weight excluding hydrogens is 780 g/mol. The summed E-state index contributed by atoms with van der Waals surface area (Å²) in [6, 6.07) is 18.4. The molecule has 4 unspecified atom stereocenters. The quantitative estimate of drug-likeness (QED) is 0.126. The number of esters is 6. The summed E-state index contributed by atoms with van der Waals surface area (Å²) in [5.74, 6) is -6.57. The molecule has 300 valence electrons. The van der Waals surface area contributed by atoms with E-state index in [1.807, 2.05) is 0 Å². The summed E-state index contributed by atoms with van der Waals surface area (Å²) in [5, 5.41) is 0. The van der Waals surface area contributed by atoms with E-state index in [1.165, 1.54) is 147 Å². The Morgan fingerprint density at radius 3 is 0.800 bits per heavy atom. The highest BCUT2D eigenvalue weighted by Gasteiger charge is 2.62. The van der Waals surface area contributed by atoms with Gasteiger partial charge in [0, 0.05) is 68.2 Å². The van der Waals surface area contributed by atoms with Crippen LogP contribution >= 0.6 is 0 Å². The van der Waals surface area contributed by atoms with Gasteiger partial charge in [-0.3, -0.25) is 24.9 Å². The van der Waals surface area contributed by atoms with Crippen LogP contribution in [-0.2, 0) is 28.4 Å². The van der Waals surface area contributed by atoms with E-state index in [2.05, 4.69) is 29.9 Å². The molecule has 1 aliphatic carbocycles. The van der Waals surface area contributed by atoms with Crippen LogP contribution in [0, 0.1) is 0 Å². The molecule has 60 heavy (non-hydrogen) atoms. The lowest BCUT2D eigenvalue weighted by Gasteiger charge is -2.47. The van der Waals surface area contributed by atoms with Crippen LogP contribution < -0.4 is 0 Å². The summed E-state index contributed by atoms with van der Waals surface area (Å²) >= 11 is 0. The maximum absolute atomic E-state index is 14.0. The van der Waals surface area contributed by atoms with Gasteiger partial charge in [-0.05, 0) is 72.8 Å². The molecule has 6 aromatic heterocycles. The summed E-state index contributed by atoms with van der Waals surface area (Å²) in [5.41, 5.74) is -0.787. The van der Waals surface area contributed by atoms with E-state index in [9.17, 15) is 28.8 Å². The fraction of sp³-hybridized carbons (Fsp3) is 0.143. The predicted molar refractivity (Wildman–Crippen MR) is 201 cm³/mol. The van der Waals surface area contributed by atoms with Crippen molar-refractivity contribution in [3.05, 3.63) is 181 Å². The Labute approximate surface area is 339 Å². The van der Waals surface area contributed by atoms with Crippen LogP contribution in [-0.4, -0.2) is 102 Å². The van der Waals surface area contributed by atoms with Crippen molar-refractivity contribution in [2.45, 2.75) is 36.6 Å². The van der Waals surface area contributed by atoms with Crippen LogP contribution in [0.15, 0.2) is 147 Å². The van der Waals surface area contributed by atoms with Gasteiger partial charge in [0.2, 0.25) is 0 Å². The average molecular weight is 811 g/mol. The van der Waals surface area contributed by atoms with Gasteiger partial charge in [-0.15, -0.1) is 0 Å². The van der Waals surface area contributed by atoms with Crippen molar-refractivity contribution in [1.82, 2.24) is 29.9 Å². The number of ether oxygens (including phenoxy) is 6. The summed E-state index contributed by atoms with van der Waals surface area (Å²) in [4.78, 5) is 108. The molecular formula is C42H30N6O12. The average Bonchev–Trinajstić information content (AvgIpc) is 3.31. The van der Waals surface area contributed by atoms with Crippen LogP contribution in [0.2, 0.25) is 0 Å². The van der Waals surface area contributed by atoms with E-state index in [4.69, 9.17) is 28.4 Å². The van der Waals surface area contributed by atoms with Crippen LogP contribution in [0.3, 0.4) is 0 Å². The lowest BCUT2D eigenvalue weighted by atomic mass is 9.83. The Morgan fingerprint density at radius 1 is 0.317 bits per heavy atom. The molecule has 0 N–H and O–H groups in total. The highest BCUT2D eigenvalue weighted by atomic mass is 16.7. The van der Waals surface area contributed by atoms with E-state index in [1.54, 1.807) is 0 Å². The molecule has 0 radical (unpaired) electrons. The summed E-state index contributed by atoms with van der Waals surface area (Å²) < 4.78 is 36.1. The minimum absolute atomic E-state index is 0.108. The highest BCUT2D eigenvalue weighted by molar-refractivity contribution is 5.93. The molecule has 0 spiro atoms. The Balaban J connectivity index is 1.43. The number of hydrogen-bond donors (Lipinski definition) is 0. The molecule has 6 aromatic rings. The second-order valence-electron chi connectivity index (χ2n) is 12.6. The Morgan fingerprint density at radius 2 is 0.583 bits per heavy atom. The SMILES string of the molecule is O=C(OC1C(OC(=O)c2cccnc2)C(OC(=O)c2cccnc2)C(OC(=O)c2ccccn2)C(OC(=O)c2cccnc2)C1OC(=O)c1cccnc1)c1cccnc1. The van der Waals surface area contributed by atoms with E-state index in [0.29, 0.717) is 0 Å². The molecule has 18 nitrogen and oxygen atoms in total. The van der Waals surface area contributed by atoms with Crippen LogP contribution in [0.25, 0.3) is 0 Å². The van der Waals surface area contributed by atoms with Crippen LogP contribution in [0.4, 0.5) is 0 Å². The summed E-state index contributed by atoms with van der Waals surface area (Å²) in [6.45, 7) is 0. The van der Waals surface area contributed by atoms with Crippen molar-refractivity contribution in [3.63, 3.8) is 0 Å². The molecule has 7 rings (SSSR count). The van der Waals surface area contributed by atoms with Gasteiger partial charge in [0.25, 0.3) is 0 Å². The normalized spacial score (nSPS) is 19.4. The number of carbonyl (C=O) groups is 6. The largest absolute Gasteiger partial charge is 0.450 e. The highest BCUT2D eigenvalue weighted by Crippen LogP contribution is 2.37. The molecule has 0 aliphatic heterocycles. The van der Waals surface area contributed by atoms with Crippen molar-refractivity contribution in [2.75, 3.05) is 0 Å². The standard InChI is InChI=1S/C42H30N6O12/c49-37(25-8-3-14-43-20-25)55-31-32(56-38(50)26-9-4-15-44-21-26)34(58-40(52)28-11-6-17-46-23-28)36(60-42(54)30-13-1-2-19-48-30)35(59-41(53)29-12-7-18-47-24-29)33(31)57-39(51)27-10-5-16-45-22-27/h1-24,31-36H. The van der Waals surface area contributed by atoms with Gasteiger partial charge in [0.05, 0.1) is 27.8 Å². The molecule has 4 atom stereocenters. The molecule has 0 saturated heterocycles. The number of aromatic nitrogens is 6. The summed E-state index contributed by atoms with van der Waals surface area (Å²) in [6.07, 6.45) is 2.18. The van der Waals surface area contributed by atoms with Crippen molar-refractivity contribution >= 4 is 35.8 Å². The lowest BCUT2D eigenvalue weighted by molar-refractivity contribution is -0.223. The zero-order valence-corrected chi connectivity index (χ0v) is 30.9. The second-order valence-corrected chi connectivity index (χ2v) is 12.6. The number of nitrogens with zero attached hydrogens (tertiary/aromatic N) is 6. The van der Waals surface area contributed by atoms with Crippen molar-refractivity contribution in [2.24, 2.45) is 0 Å². The maximum Gasteiger partial charge on any atom is 0.357 e. The number of pyridine rings is 6. The number of hydrogen-bond acceptors (Lipinski definition) is 18. The first-order valence-electron chi connectivity index (χ1n) is 17.9. The maximum atomic E-state index is 14.0. The first kappa shape index (κ1) is 39.9. The van der Waals surface area contributed by atoms with E-state index in [-0.39, 0.29) is 33.5 Å². The Kier molecular flexibility index (Phi) is 12.5. The molecule has 1 saturated carbocycles. The monoisotopic (exact) mass is 810 g/mol. The number of carbonyl (C=O) groups excluding carboxylic acids is 6. The first-order chi connectivity index (χ1) is 29.3. The van der Waals surface area contributed by atoms with Gasteiger partial charge in [-0.2, -0.15) is 0 Å². The van der Waals surface area contributed by atoms with Crippen molar-refractivity contribution < 1.29 is 57.2 Å². The molecule has 1 aliphatic rings. The first-order valence-corrected chi connectivity index (χ1v) is 17.9. The fourth-order valence-electron chi connectivity index (χ4n) is 5.97. The third-order valence-electron chi connectivity index (χ3n) is 8.76. The molecule has 6 heterocycles. The smallest absolute Gasteiger partial charge is 0.357 e. The molecule has 0 aromatic carbocycles. The van der Waals surface area contributed by atoms with Gasteiger partial charge in [-0.25, -0.2) is 33.8 Å². The van der Waals surface area contributed by atoms with E-state index in [0.717, 1.165) is 0 Å². The third kappa shape index (κ3) is 9.46. The minimum Gasteiger partial charge on any atom is -0.450 e. The molecule has 1 fully saturated rings. The zero-order chi connectivity index (χ0) is 41.8. The van der Waals surface area contributed by atoms with E-state index >= 15 is 0 Å². The van der Waals surface area contributed by atoms with Gasteiger partial charge in [0.15, 0.2) is 36.6 Å². The van der Waals surface area contributed by atoms with Crippen molar-refractivity contribution in [3.8, 4) is 0 Å². The van der Waals surface area contributed by atoms with Gasteiger partial charge < -0.3 is 28.4 Å². The lowest BCUT2D eigenvalue weighted by Crippen LogP contribution is -2.69.